The van der Waals surface area contributed by atoms with Gasteiger partial charge in [0.15, 0.2) is 5.13 Å². The number of methoxy groups -OCH3 is 1. The molecule has 0 saturated carbocycles. The van der Waals surface area contributed by atoms with Crippen molar-refractivity contribution in [1.82, 2.24) is 14.9 Å². The molecule has 2 aliphatic heterocycles. The third-order valence-corrected chi connectivity index (χ3v) is 7.24. The summed E-state index contributed by atoms with van der Waals surface area (Å²) in [7, 11) is 1.37. The Morgan fingerprint density at radius 1 is 1.10 bits per heavy atom. The SMILES string of the molecule is COC(=O)c1cccc(-c2ccc3nc(N4CCC(N5CCCCC5)C4)sc3c2)n1. The Morgan fingerprint density at radius 2 is 1.97 bits per heavy atom. The van der Waals surface area contributed by atoms with Crippen LogP contribution in [0.2, 0.25) is 0 Å². The number of pyridine rings is 1. The van der Waals surface area contributed by atoms with Gasteiger partial charge < -0.3 is 9.64 Å². The number of likely N-dealkylation sites (tertiary alicyclic amines) is 1. The molecular formula is C23H26N4O2S. The van der Waals surface area contributed by atoms with E-state index in [4.69, 9.17) is 9.72 Å². The average molecular weight is 423 g/mol. The van der Waals surface area contributed by atoms with Crippen LogP contribution in [0.25, 0.3) is 21.5 Å². The quantitative estimate of drug-likeness (QED) is 0.587. The van der Waals surface area contributed by atoms with E-state index in [1.54, 1.807) is 17.4 Å². The molecule has 2 fully saturated rings. The van der Waals surface area contributed by atoms with Crippen molar-refractivity contribution in [1.29, 1.82) is 0 Å². The molecule has 0 bridgehead atoms. The maximum absolute atomic E-state index is 11.8. The van der Waals surface area contributed by atoms with Crippen LogP contribution in [0.4, 0.5) is 5.13 Å². The molecule has 0 amide bonds. The first-order chi connectivity index (χ1) is 14.7. The van der Waals surface area contributed by atoms with Gasteiger partial charge in [0.25, 0.3) is 0 Å². The number of benzene rings is 1. The van der Waals surface area contributed by atoms with Gasteiger partial charge >= 0.3 is 5.97 Å². The summed E-state index contributed by atoms with van der Waals surface area (Å²) in [6.45, 7) is 4.66. The van der Waals surface area contributed by atoms with E-state index in [-0.39, 0.29) is 0 Å². The third-order valence-electron chi connectivity index (χ3n) is 6.16. The minimum atomic E-state index is -0.421. The molecule has 4 heterocycles. The lowest BCUT2D eigenvalue weighted by molar-refractivity contribution is 0.0594. The Labute approximate surface area is 180 Å². The summed E-state index contributed by atoms with van der Waals surface area (Å²) >= 11 is 1.74. The van der Waals surface area contributed by atoms with Crippen molar-refractivity contribution in [2.24, 2.45) is 0 Å². The van der Waals surface area contributed by atoms with E-state index in [9.17, 15) is 4.79 Å². The van der Waals surface area contributed by atoms with Crippen molar-refractivity contribution < 1.29 is 9.53 Å². The summed E-state index contributed by atoms with van der Waals surface area (Å²) in [4.78, 5) is 26.3. The van der Waals surface area contributed by atoms with Gasteiger partial charge in [-0.3, -0.25) is 4.90 Å². The van der Waals surface area contributed by atoms with E-state index >= 15 is 0 Å². The lowest BCUT2D eigenvalue weighted by atomic mass is 10.1. The number of hydrogen-bond donors (Lipinski definition) is 0. The molecule has 3 aromatic rings. The fourth-order valence-corrected chi connectivity index (χ4v) is 5.56. The number of hydrogen-bond acceptors (Lipinski definition) is 7. The monoisotopic (exact) mass is 422 g/mol. The number of ether oxygens (including phenoxy) is 1. The highest BCUT2D eigenvalue weighted by Gasteiger charge is 2.30. The smallest absolute Gasteiger partial charge is 0.356 e. The van der Waals surface area contributed by atoms with Crippen LogP contribution < -0.4 is 4.90 Å². The van der Waals surface area contributed by atoms with Crippen LogP contribution in [0, 0.1) is 0 Å². The summed E-state index contributed by atoms with van der Waals surface area (Å²) < 4.78 is 5.94. The number of aromatic nitrogens is 2. The standard InChI is InChI=1S/C23H26N4O2S/c1-29-22(28)20-7-5-6-18(24-20)16-8-9-19-21(14-16)30-23(25-19)27-13-10-17(15-27)26-11-3-2-4-12-26/h5-9,14,17H,2-4,10-13,15H2,1H3. The fourth-order valence-electron chi connectivity index (χ4n) is 4.52. The summed E-state index contributed by atoms with van der Waals surface area (Å²) in [5.74, 6) is -0.421. The van der Waals surface area contributed by atoms with Crippen molar-refractivity contribution in [3.63, 3.8) is 0 Å². The molecule has 30 heavy (non-hydrogen) atoms. The van der Waals surface area contributed by atoms with E-state index in [0.29, 0.717) is 11.7 Å². The number of fused-ring (bicyclic) bond motifs is 1. The number of piperidine rings is 1. The van der Waals surface area contributed by atoms with E-state index in [1.807, 2.05) is 18.2 Å². The minimum absolute atomic E-state index is 0.320. The third kappa shape index (κ3) is 3.79. The second kappa shape index (κ2) is 8.32. The van der Waals surface area contributed by atoms with Crippen molar-refractivity contribution in [3.8, 4) is 11.3 Å². The van der Waals surface area contributed by atoms with Gasteiger partial charge in [0, 0.05) is 24.7 Å². The van der Waals surface area contributed by atoms with Crippen LogP contribution >= 0.6 is 11.3 Å². The molecular weight excluding hydrogens is 396 g/mol. The molecule has 2 saturated heterocycles. The first kappa shape index (κ1) is 19.5. The van der Waals surface area contributed by atoms with Crippen LogP contribution in [0.15, 0.2) is 36.4 Å². The summed E-state index contributed by atoms with van der Waals surface area (Å²) in [6.07, 6.45) is 5.28. The molecule has 0 aliphatic carbocycles. The molecule has 0 radical (unpaired) electrons. The fraction of sp³-hybridized carbons (Fsp3) is 0.435. The maximum Gasteiger partial charge on any atom is 0.356 e. The van der Waals surface area contributed by atoms with Crippen molar-refractivity contribution >= 4 is 32.7 Å². The predicted molar refractivity (Wildman–Crippen MR) is 120 cm³/mol. The highest BCUT2D eigenvalue weighted by atomic mass is 32.1. The van der Waals surface area contributed by atoms with Crippen LogP contribution in [0.5, 0.6) is 0 Å². The molecule has 156 valence electrons. The maximum atomic E-state index is 11.8. The lowest BCUT2D eigenvalue weighted by Gasteiger charge is -2.32. The Bertz CT molecular complexity index is 1060. The number of thiazole rings is 1. The number of carbonyl (C=O) groups excluding carboxylic acids is 1. The molecule has 5 rings (SSSR count). The van der Waals surface area contributed by atoms with Gasteiger partial charge in [0.1, 0.15) is 5.69 Å². The van der Waals surface area contributed by atoms with Crippen LogP contribution in [0.1, 0.15) is 36.2 Å². The van der Waals surface area contributed by atoms with E-state index in [2.05, 4.69) is 26.9 Å². The second-order valence-electron chi connectivity index (χ2n) is 8.06. The number of anilines is 1. The van der Waals surface area contributed by atoms with E-state index in [0.717, 1.165) is 39.7 Å². The molecule has 1 unspecified atom stereocenters. The van der Waals surface area contributed by atoms with Crippen LogP contribution in [-0.4, -0.2) is 60.2 Å². The molecule has 2 aliphatic rings. The Kier molecular flexibility index (Phi) is 5.39. The topological polar surface area (TPSA) is 58.6 Å². The first-order valence-electron chi connectivity index (χ1n) is 10.7. The normalized spacial score (nSPS) is 20.0. The highest BCUT2D eigenvalue weighted by molar-refractivity contribution is 7.22. The predicted octanol–water partition coefficient (Wildman–Crippen LogP) is 4.21. The average Bonchev–Trinajstić information content (AvgIpc) is 3.46. The zero-order valence-electron chi connectivity index (χ0n) is 17.2. The van der Waals surface area contributed by atoms with E-state index in [1.165, 1.54) is 45.9 Å². The Balaban J connectivity index is 1.36. The Hall–Kier alpha value is -2.51. The number of nitrogens with zero attached hydrogens (tertiary/aromatic N) is 4. The van der Waals surface area contributed by atoms with Gasteiger partial charge in [0.05, 0.1) is 23.0 Å². The van der Waals surface area contributed by atoms with Crippen molar-refractivity contribution in [2.75, 3.05) is 38.2 Å². The van der Waals surface area contributed by atoms with Gasteiger partial charge in [-0.05, 0) is 56.6 Å². The summed E-state index contributed by atoms with van der Waals surface area (Å²) in [5.41, 5.74) is 3.09. The molecule has 0 N–H and O–H groups in total. The van der Waals surface area contributed by atoms with Crippen LogP contribution in [0.3, 0.4) is 0 Å². The zero-order valence-corrected chi connectivity index (χ0v) is 18.0. The van der Waals surface area contributed by atoms with Crippen LogP contribution in [-0.2, 0) is 4.74 Å². The van der Waals surface area contributed by atoms with E-state index < -0.39 is 5.97 Å². The molecule has 1 aromatic carbocycles. The van der Waals surface area contributed by atoms with Gasteiger partial charge in [0.2, 0.25) is 0 Å². The lowest BCUT2D eigenvalue weighted by Crippen LogP contribution is -2.40. The first-order valence-corrected chi connectivity index (χ1v) is 11.5. The summed E-state index contributed by atoms with van der Waals surface area (Å²) in [5, 5.41) is 1.11. The largest absolute Gasteiger partial charge is 0.464 e. The number of esters is 1. The molecule has 6 nitrogen and oxygen atoms in total. The molecule has 0 spiro atoms. The van der Waals surface area contributed by atoms with Crippen molar-refractivity contribution in [3.05, 3.63) is 42.1 Å². The minimum Gasteiger partial charge on any atom is -0.464 e. The zero-order chi connectivity index (χ0) is 20.5. The van der Waals surface area contributed by atoms with Gasteiger partial charge in [-0.25, -0.2) is 14.8 Å². The number of rotatable bonds is 4. The van der Waals surface area contributed by atoms with Gasteiger partial charge in [-0.15, -0.1) is 0 Å². The number of carbonyl (C=O) groups is 1. The molecule has 1 atom stereocenters. The second-order valence-corrected chi connectivity index (χ2v) is 9.07. The molecule has 2 aromatic heterocycles. The van der Waals surface area contributed by atoms with Crippen molar-refractivity contribution in [2.45, 2.75) is 31.7 Å². The van der Waals surface area contributed by atoms with Gasteiger partial charge in [-0.2, -0.15) is 0 Å². The summed E-state index contributed by atoms with van der Waals surface area (Å²) in [6, 6.07) is 12.3. The highest BCUT2D eigenvalue weighted by Crippen LogP contribution is 2.34. The molecule has 7 heteroatoms. The van der Waals surface area contributed by atoms with Gasteiger partial charge in [-0.1, -0.05) is 29.9 Å². The Morgan fingerprint density at radius 3 is 2.80 bits per heavy atom.